The minimum atomic E-state index is -0.803. The molecule has 2 amide bonds. The van der Waals surface area contributed by atoms with E-state index in [1.54, 1.807) is 19.0 Å². The van der Waals surface area contributed by atoms with E-state index in [9.17, 15) is 18.4 Å². The highest BCUT2D eigenvalue weighted by atomic mass is 19.1. The molecule has 1 aromatic carbocycles. The van der Waals surface area contributed by atoms with Crippen LogP contribution in [0.15, 0.2) is 28.8 Å². The molecule has 4 rings (SSSR count). The van der Waals surface area contributed by atoms with E-state index in [2.05, 4.69) is 22.3 Å². The van der Waals surface area contributed by atoms with E-state index in [0.29, 0.717) is 24.9 Å². The van der Waals surface area contributed by atoms with Gasteiger partial charge in [0.05, 0.1) is 11.5 Å². The SMILES string of the molecule is C[C@H]1CCC[C@@H]1N1CC[C@H](NC(=O)c2cc(-c3ccc(F)cc3F)on2)[C@@H](C(=O)N(C)C)C1. The number of piperidine rings is 1. The lowest BCUT2D eigenvalue weighted by molar-refractivity contribution is -0.136. The standard InChI is InChI=1S/C24H30F2N4O3/c1-14-5-4-6-21(14)30-10-9-19(17(13-30)24(32)29(2)3)27-23(31)20-12-22(33-28-20)16-8-7-15(25)11-18(16)26/h7-8,11-12,14,17,19,21H,4-6,9-10,13H2,1-3H3,(H,27,31)/t14-,17-,19-,21-/m0/s1. The number of likely N-dealkylation sites (tertiary alicyclic amines) is 1. The van der Waals surface area contributed by atoms with E-state index in [-0.39, 0.29) is 34.9 Å². The lowest BCUT2D eigenvalue weighted by Gasteiger charge is -2.42. The highest BCUT2D eigenvalue weighted by Crippen LogP contribution is 2.33. The first-order valence-corrected chi connectivity index (χ1v) is 11.4. The van der Waals surface area contributed by atoms with Gasteiger partial charge in [0.25, 0.3) is 5.91 Å². The lowest BCUT2D eigenvalue weighted by Crippen LogP contribution is -2.57. The smallest absolute Gasteiger partial charge is 0.273 e. The molecule has 1 N–H and O–H groups in total. The number of nitrogens with one attached hydrogen (secondary N) is 1. The zero-order chi connectivity index (χ0) is 23.7. The van der Waals surface area contributed by atoms with E-state index < -0.39 is 17.5 Å². The molecule has 2 fully saturated rings. The predicted octanol–water partition coefficient (Wildman–Crippen LogP) is 3.32. The van der Waals surface area contributed by atoms with Gasteiger partial charge in [-0.15, -0.1) is 0 Å². The molecule has 4 atom stereocenters. The highest BCUT2D eigenvalue weighted by Gasteiger charge is 2.40. The fourth-order valence-corrected chi connectivity index (χ4v) is 5.14. The quantitative estimate of drug-likeness (QED) is 0.741. The van der Waals surface area contributed by atoms with Crippen molar-refractivity contribution < 1.29 is 22.9 Å². The Morgan fingerprint density at radius 3 is 2.64 bits per heavy atom. The molecule has 7 nitrogen and oxygen atoms in total. The first kappa shape index (κ1) is 23.4. The molecule has 1 aliphatic heterocycles. The van der Waals surface area contributed by atoms with E-state index in [4.69, 9.17) is 4.52 Å². The summed E-state index contributed by atoms with van der Waals surface area (Å²) in [6.45, 7) is 3.67. The van der Waals surface area contributed by atoms with Crippen LogP contribution in [0.25, 0.3) is 11.3 Å². The molecule has 0 spiro atoms. The summed E-state index contributed by atoms with van der Waals surface area (Å²) in [5.74, 6) is -1.75. The monoisotopic (exact) mass is 460 g/mol. The van der Waals surface area contributed by atoms with Crippen molar-refractivity contribution in [3.05, 3.63) is 41.6 Å². The summed E-state index contributed by atoms with van der Waals surface area (Å²) in [6.07, 6.45) is 4.20. The van der Waals surface area contributed by atoms with E-state index in [0.717, 1.165) is 25.1 Å². The molecule has 2 heterocycles. The zero-order valence-corrected chi connectivity index (χ0v) is 19.2. The molecular formula is C24H30F2N4O3. The molecule has 0 radical (unpaired) electrons. The van der Waals surface area contributed by atoms with E-state index in [1.807, 2.05) is 0 Å². The van der Waals surface area contributed by atoms with Crippen molar-refractivity contribution in [1.29, 1.82) is 0 Å². The molecule has 178 valence electrons. The van der Waals surface area contributed by atoms with Crippen molar-refractivity contribution in [1.82, 2.24) is 20.3 Å². The van der Waals surface area contributed by atoms with E-state index in [1.165, 1.54) is 25.0 Å². The Balaban J connectivity index is 1.48. The molecule has 2 aliphatic rings. The minimum absolute atomic E-state index is 0.0163. The highest BCUT2D eigenvalue weighted by molar-refractivity contribution is 5.94. The summed E-state index contributed by atoms with van der Waals surface area (Å²) in [5, 5.41) is 6.70. The van der Waals surface area contributed by atoms with Gasteiger partial charge in [-0.05, 0) is 37.3 Å². The zero-order valence-electron chi connectivity index (χ0n) is 19.2. The van der Waals surface area contributed by atoms with Crippen molar-refractivity contribution in [2.45, 2.75) is 44.7 Å². The largest absolute Gasteiger partial charge is 0.355 e. The number of nitrogens with zero attached hydrogens (tertiary/aromatic N) is 3. The number of hydrogen-bond acceptors (Lipinski definition) is 5. The molecule has 1 aromatic heterocycles. The third kappa shape index (κ3) is 4.93. The molecule has 33 heavy (non-hydrogen) atoms. The summed E-state index contributed by atoms with van der Waals surface area (Å²) in [4.78, 5) is 29.8. The van der Waals surface area contributed by atoms with Gasteiger partial charge in [0.15, 0.2) is 11.5 Å². The van der Waals surface area contributed by atoms with Crippen LogP contribution < -0.4 is 5.32 Å². The molecule has 1 saturated heterocycles. The molecule has 1 saturated carbocycles. The van der Waals surface area contributed by atoms with Crippen molar-refractivity contribution in [3.63, 3.8) is 0 Å². The first-order chi connectivity index (χ1) is 15.7. The Hall–Kier alpha value is -2.81. The predicted molar refractivity (Wildman–Crippen MR) is 118 cm³/mol. The Bertz CT molecular complexity index is 1020. The Morgan fingerprint density at radius 1 is 1.18 bits per heavy atom. The number of benzene rings is 1. The van der Waals surface area contributed by atoms with Crippen LogP contribution in [0.2, 0.25) is 0 Å². The number of rotatable bonds is 5. The van der Waals surface area contributed by atoms with Crippen LogP contribution in [0, 0.1) is 23.5 Å². The molecule has 2 aromatic rings. The average Bonchev–Trinajstić information content (AvgIpc) is 3.43. The topological polar surface area (TPSA) is 78.7 Å². The van der Waals surface area contributed by atoms with Gasteiger partial charge in [0.1, 0.15) is 11.6 Å². The Morgan fingerprint density at radius 2 is 1.97 bits per heavy atom. The van der Waals surface area contributed by atoms with Gasteiger partial charge < -0.3 is 14.7 Å². The van der Waals surface area contributed by atoms with Crippen LogP contribution in [-0.4, -0.2) is 66.0 Å². The van der Waals surface area contributed by atoms with E-state index >= 15 is 0 Å². The van der Waals surface area contributed by atoms with Crippen molar-refractivity contribution in [2.75, 3.05) is 27.2 Å². The third-order valence-corrected chi connectivity index (χ3v) is 6.94. The van der Waals surface area contributed by atoms with Crippen LogP contribution in [0.5, 0.6) is 0 Å². The maximum Gasteiger partial charge on any atom is 0.273 e. The molecular weight excluding hydrogens is 430 g/mol. The Labute approximate surface area is 192 Å². The van der Waals surface area contributed by atoms with Gasteiger partial charge in [0, 0.05) is 51.4 Å². The lowest BCUT2D eigenvalue weighted by atomic mass is 9.88. The molecule has 1 aliphatic carbocycles. The Kier molecular flexibility index (Phi) is 6.78. The van der Waals surface area contributed by atoms with Crippen LogP contribution in [0.1, 0.15) is 43.1 Å². The molecule has 9 heteroatoms. The number of hydrogen-bond donors (Lipinski definition) is 1. The summed E-state index contributed by atoms with van der Waals surface area (Å²) >= 11 is 0. The second-order valence-corrected chi connectivity index (χ2v) is 9.38. The third-order valence-electron chi connectivity index (χ3n) is 6.94. The summed E-state index contributed by atoms with van der Waals surface area (Å²) in [6, 6.07) is 4.54. The van der Waals surface area contributed by atoms with Gasteiger partial charge in [-0.3, -0.25) is 14.5 Å². The molecule has 0 unspecified atom stereocenters. The van der Waals surface area contributed by atoms with Crippen molar-refractivity contribution in [3.8, 4) is 11.3 Å². The van der Waals surface area contributed by atoms with Gasteiger partial charge in [-0.2, -0.15) is 0 Å². The van der Waals surface area contributed by atoms with Crippen LogP contribution in [0.4, 0.5) is 8.78 Å². The van der Waals surface area contributed by atoms with Crippen LogP contribution in [-0.2, 0) is 4.79 Å². The fourth-order valence-electron chi connectivity index (χ4n) is 5.14. The summed E-state index contributed by atoms with van der Waals surface area (Å²) in [5.41, 5.74) is -0.000717. The van der Waals surface area contributed by atoms with Gasteiger partial charge in [0.2, 0.25) is 5.91 Å². The minimum Gasteiger partial charge on any atom is -0.355 e. The number of carbonyl (C=O) groups excluding carboxylic acids is 2. The van der Waals surface area contributed by atoms with Crippen LogP contribution in [0.3, 0.4) is 0 Å². The number of amides is 2. The fraction of sp³-hybridized carbons (Fsp3) is 0.542. The van der Waals surface area contributed by atoms with Gasteiger partial charge >= 0.3 is 0 Å². The van der Waals surface area contributed by atoms with Gasteiger partial charge in [-0.1, -0.05) is 18.5 Å². The summed E-state index contributed by atoms with van der Waals surface area (Å²) < 4.78 is 32.4. The second-order valence-electron chi connectivity index (χ2n) is 9.38. The average molecular weight is 461 g/mol. The second kappa shape index (κ2) is 9.59. The van der Waals surface area contributed by atoms with Crippen molar-refractivity contribution in [2.24, 2.45) is 11.8 Å². The normalized spacial score (nSPS) is 25.7. The maximum absolute atomic E-state index is 14.1. The van der Waals surface area contributed by atoms with Crippen molar-refractivity contribution >= 4 is 11.8 Å². The first-order valence-electron chi connectivity index (χ1n) is 11.4. The maximum atomic E-state index is 14.1. The number of aromatic nitrogens is 1. The van der Waals surface area contributed by atoms with Crippen LogP contribution >= 0.6 is 0 Å². The number of carbonyl (C=O) groups is 2. The van der Waals surface area contributed by atoms with Gasteiger partial charge in [-0.25, -0.2) is 8.78 Å². The molecule has 0 bridgehead atoms. The number of halogens is 2. The summed E-state index contributed by atoms with van der Waals surface area (Å²) in [7, 11) is 3.44.